The van der Waals surface area contributed by atoms with Crippen molar-refractivity contribution in [3.05, 3.63) is 23.8 Å². The lowest BCUT2D eigenvalue weighted by molar-refractivity contribution is -0.0102. The highest BCUT2D eigenvalue weighted by Crippen LogP contribution is 2.31. The molecule has 4 heteroatoms. The van der Waals surface area contributed by atoms with Crippen LogP contribution in [0.2, 0.25) is 0 Å². The molecule has 1 aromatic rings. The molecular formula is C15H22N2O2. The van der Waals surface area contributed by atoms with Crippen LogP contribution in [0.25, 0.3) is 0 Å². The molecular weight excluding hydrogens is 240 g/mol. The van der Waals surface area contributed by atoms with E-state index in [0.29, 0.717) is 12.1 Å². The molecule has 2 N–H and O–H groups in total. The molecule has 0 spiro atoms. The van der Waals surface area contributed by atoms with Gasteiger partial charge in [-0.1, -0.05) is 12.1 Å². The fourth-order valence-electron chi connectivity index (χ4n) is 2.73. The van der Waals surface area contributed by atoms with E-state index in [1.165, 1.54) is 5.56 Å². The van der Waals surface area contributed by atoms with E-state index in [9.17, 15) is 0 Å². The van der Waals surface area contributed by atoms with Crippen molar-refractivity contribution in [2.45, 2.75) is 38.5 Å². The average Bonchev–Trinajstić information content (AvgIpc) is 2.41. The van der Waals surface area contributed by atoms with Gasteiger partial charge in [0.05, 0.1) is 11.8 Å². The second-order valence-electron chi connectivity index (χ2n) is 5.20. The Morgan fingerprint density at radius 3 is 3.16 bits per heavy atom. The number of hydrogen-bond acceptors (Lipinski definition) is 4. The van der Waals surface area contributed by atoms with E-state index in [-0.39, 0.29) is 0 Å². The van der Waals surface area contributed by atoms with Crippen molar-refractivity contribution in [3.63, 3.8) is 0 Å². The number of hydrogen-bond donors (Lipinski definition) is 2. The topological polar surface area (TPSA) is 42.5 Å². The molecule has 19 heavy (non-hydrogen) atoms. The molecule has 0 aromatic heterocycles. The summed E-state index contributed by atoms with van der Waals surface area (Å²) in [4.78, 5) is 0. The molecule has 1 aliphatic carbocycles. The van der Waals surface area contributed by atoms with Crippen LogP contribution in [-0.4, -0.2) is 31.9 Å². The highest BCUT2D eigenvalue weighted by atomic mass is 16.5. The first-order valence-electron chi connectivity index (χ1n) is 7.20. The molecule has 0 atom stereocenters. The highest BCUT2D eigenvalue weighted by molar-refractivity contribution is 5.61. The van der Waals surface area contributed by atoms with Crippen LogP contribution in [0.4, 0.5) is 5.69 Å². The minimum Gasteiger partial charge on any atom is -0.489 e. The monoisotopic (exact) mass is 262 g/mol. The molecule has 3 rings (SSSR count). The van der Waals surface area contributed by atoms with Crippen LogP contribution < -0.4 is 15.4 Å². The van der Waals surface area contributed by atoms with E-state index in [2.05, 4.69) is 35.8 Å². The van der Waals surface area contributed by atoms with Crippen LogP contribution in [0.15, 0.2) is 18.2 Å². The largest absolute Gasteiger partial charge is 0.489 e. The van der Waals surface area contributed by atoms with E-state index in [1.807, 2.05) is 0 Å². The summed E-state index contributed by atoms with van der Waals surface area (Å²) in [6.45, 7) is 5.39. The Labute approximate surface area is 114 Å². The smallest absolute Gasteiger partial charge is 0.146 e. The second-order valence-corrected chi connectivity index (χ2v) is 5.20. The molecule has 104 valence electrons. The van der Waals surface area contributed by atoms with E-state index < -0.39 is 0 Å². The van der Waals surface area contributed by atoms with Gasteiger partial charge < -0.3 is 20.1 Å². The van der Waals surface area contributed by atoms with Gasteiger partial charge in [0.15, 0.2) is 0 Å². The number of nitrogens with one attached hydrogen (secondary N) is 2. The van der Waals surface area contributed by atoms with Crippen LogP contribution in [0.3, 0.4) is 0 Å². The SMILES string of the molecule is CCOC1CC(NCc2cccc3c2OCCN3)C1. The third-order valence-electron chi connectivity index (χ3n) is 3.84. The van der Waals surface area contributed by atoms with Crippen molar-refractivity contribution < 1.29 is 9.47 Å². The summed E-state index contributed by atoms with van der Waals surface area (Å²) in [6.07, 6.45) is 2.72. The number of para-hydroxylation sites is 1. The molecule has 1 heterocycles. The predicted molar refractivity (Wildman–Crippen MR) is 75.7 cm³/mol. The molecule has 0 saturated heterocycles. The molecule has 2 aliphatic rings. The van der Waals surface area contributed by atoms with Crippen LogP contribution >= 0.6 is 0 Å². The lowest BCUT2D eigenvalue weighted by Gasteiger charge is -2.35. The summed E-state index contributed by atoms with van der Waals surface area (Å²) in [6, 6.07) is 6.88. The zero-order valence-electron chi connectivity index (χ0n) is 11.4. The Bertz CT molecular complexity index is 430. The Balaban J connectivity index is 1.53. The van der Waals surface area contributed by atoms with Gasteiger partial charge in [-0.15, -0.1) is 0 Å². The summed E-state index contributed by atoms with van der Waals surface area (Å²) in [5, 5.41) is 6.96. The fraction of sp³-hybridized carbons (Fsp3) is 0.600. The minimum absolute atomic E-state index is 0.463. The van der Waals surface area contributed by atoms with Gasteiger partial charge >= 0.3 is 0 Å². The summed E-state index contributed by atoms with van der Waals surface area (Å²) >= 11 is 0. The number of rotatable bonds is 5. The van der Waals surface area contributed by atoms with Crippen LogP contribution in [0.5, 0.6) is 5.75 Å². The minimum atomic E-state index is 0.463. The van der Waals surface area contributed by atoms with Gasteiger partial charge in [0.2, 0.25) is 0 Å². The van der Waals surface area contributed by atoms with E-state index in [4.69, 9.17) is 9.47 Å². The van der Waals surface area contributed by atoms with E-state index in [1.54, 1.807) is 0 Å². The zero-order valence-corrected chi connectivity index (χ0v) is 11.4. The lowest BCUT2D eigenvalue weighted by Crippen LogP contribution is -2.45. The Kier molecular flexibility index (Phi) is 3.89. The zero-order chi connectivity index (χ0) is 13.1. The Morgan fingerprint density at radius 1 is 1.42 bits per heavy atom. The van der Waals surface area contributed by atoms with Crippen molar-refractivity contribution >= 4 is 5.69 Å². The van der Waals surface area contributed by atoms with E-state index in [0.717, 1.165) is 50.6 Å². The van der Waals surface area contributed by atoms with Crippen molar-refractivity contribution in [3.8, 4) is 5.75 Å². The predicted octanol–water partition coefficient (Wildman–Crippen LogP) is 2.15. The maximum atomic E-state index is 5.77. The molecule has 1 aromatic carbocycles. The van der Waals surface area contributed by atoms with Crippen molar-refractivity contribution in [1.82, 2.24) is 5.32 Å². The van der Waals surface area contributed by atoms with Crippen molar-refractivity contribution in [2.24, 2.45) is 0 Å². The van der Waals surface area contributed by atoms with Crippen LogP contribution in [-0.2, 0) is 11.3 Å². The van der Waals surface area contributed by atoms with Gasteiger partial charge in [-0.25, -0.2) is 0 Å². The normalized spacial score (nSPS) is 24.9. The number of benzene rings is 1. The third-order valence-corrected chi connectivity index (χ3v) is 3.84. The van der Waals surface area contributed by atoms with Crippen molar-refractivity contribution in [1.29, 1.82) is 0 Å². The van der Waals surface area contributed by atoms with Crippen LogP contribution in [0, 0.1) is 0 Å². The van der Waals surface area contributed by atoms with Gasteiger partial charge in [0, 0.05) is 31.3 Å². The third kappa shape index (κ3) is 2.85. The lowest BCUT2D eigenvalue weighted by atomic mass is 9.89. The highest BCUT2D eigenvalue weighted by Gasteiger charge is 2.29. The average molecular weight is 262 g/mol. The summed E-state index contributed by atoms with van der Waals surface area (Å²) in [5.41, 5.74) is 2.36. The maximum absolute atomic E-state index is 5.77. The molecule has 0 bridgehead atoms. The molecule has 0 amide bonds. The number of anilines is 1. The number of ether oxygens (including phenoxy) is 2. The van der Waals surface area contributed by atoms with E-state index >= 15 is 0 Å². The van der Waals surface area contributed by atoms with Gasteiger partial charge in [-0.05, 0) is 25.8 Å². The molecule has 4 nitrogen and oxygen atoms in total. The molecule has 0 radical (unpaired) electrons. The van der Waals surface area contributed by atoms with Gasteiger partial charge in [0.1, 0.15) is 12.4 Å². The molecule has 1 fully saturated rings. The Hall–Kier alpha value is -1.26. The summed E-state index contributed by atoms with van der Waals surface area (Å²) < 4.78 is 11.3. The summed E-state index contributed by atoms with van der Waals surface area (Å²) in [7, 11) is 0. The number of fused-ring (bicyclic) bond motifs is 1. The molecule has 1 aliphatic heterocycles. The first-order chi connectivity index (χ1) is 9.36. The second kappa shape index (κ2) is 5.80. The van der Waals surface area contributed by atoms with Gasteiger partial charge in [0.25, 0.3) is 0 Å². The molecule has 0 unspecified atom stereocenters. The molecule has 1 saturated carbocycles. The fourth-order valence-corrected chi connectivity index (χ4v) is 2.73. The maximum Gasteiger partial charge on any atom is 0.146 e. The van der Waals surface area contributed by atoms with Gasteiger partial charge in [-0.2, -0.15) is 0 Å². The van der Waals surface area contributed by atoms with Gasteiger partial charge in [-0.3, -0.25) is 0 Å². The standard InChI is InChI=1S/C15H22N2O2/c1-2-18-13-8-12(9-13)17-10-11-4-3-5-14-15(11)19-7-6-16-14/h3-5,12-13,16-17H,2,6-10H2,1H3. The quantitative estimate of drug-likeness (QED) is 0.853. The Morgan fingerprint density at radius 2 is 2.32 bits per heavy atom. The van der Waals surface area contributed by atoms with Crippen LogP contribution in [0.1, 0.15) is 25.3 Å². The first kappa shape index (κ1) is 12.8. The first-order valence-corrected chi connectivity index (χ1v) is 7.20. The summed E-state index contributed by atoms with van der Waals surface area (Å²) in [5.74, 6) is 1.02. The van der Waals surface area contributed by atoms with Crippen molar-refractivity contribution in [2.75, 3.05) is 25.1 Å².